The number of rotatable bonds is 4. The van der Waals surface area contributed by atoms with Crippen molar-refractivity contribution in [2.24, 2.45) is 0 Å². The number of hydrogen-bond donors (Lipinski definition) is 1. The normalized spacial score (nSPS) is 10.7. The van der Waals surface area contributed by atoms with Crippen molar-refractivity contribution in [3.05, 3.63) is 63.7 Å². The molecule has 0 fully saturated rings. The number of carbonyl (C=O) groups excluding carboxylic acids is 2. The van der Waals surface area contributed by atoms with E-state index in [1.54, 1.807) is 43.3 Å². The molecule has 1 heterocycles. The second-order valence-corrected chi connectivity index (χ2v) is 6.73. The average Bonchev–Trinajstić information content (AvgIpc) is 2.93. The topological polar surface area (TPSA) is 55.4 Å². The van der Waals surface area contributed by atoms with E-state index in [1.807, 2.05) is 0 Å². The van der Waals surface area contributed by atoms with Gasteiger partial charge in [-0.15, -0.1) is 11.3 Å². The molecule has 2 aromatic carbocycles. The van der Waals surface area contributed by atoms with Crippen LogP contribution in [0.25, 0.3) is 10.1 Å². The minimum Gasteiger partial charge on any atom is -0.451 e. The summed E-state index contributed by atoms with van der Waals surface area (Å²) in [7, 11) is 0. The second kappa shape index (κ2) is 7.21. The molecule has 0 aliphatic carbocycles. The largest absolute Gasteiger partial charge is 0.451 e. The number of ether oxygens (including phenoxy) is 1. The fraction of sp³-hybridized carbons (Fsp3) is 0.111. The van der Waals surface area contributed by atoms with Gasteiger partial charge in [0.05, 0.1) is 10.7 Å². The summed E-state index contributed by atoms with van der Waals surface area (Å²) in [5.74, 6) is -1.56. The molecule has 7 heteroatoms. The van der Waals surface area contributed by atoms with E-state index in [9.17, 15) is 14.0 Å². The Morgan fingerprint density at radius 2 is 1.96 bits per heavy atom. The van der Waals surface area contributed by atoms with Crippen molar-refractivity contribution in [1.82, 2.24) is 0 Å². The van der Waals surface area contributed by atoms with E-state index in [0.29, 0.717) is 26.4 Å². The number of halogens is 2. The molecule has 1 amide bonds. The highest BCUT2D eigenvalue weighted by molar-refractivity contribution is 7.21. The molecule has 0 aliphatic heterocycles. The van der Waals surface area contributed by atoms with Crippen LogP contribution in [-0.4, -0.2) is 18.5 Å². The van der Waals surface area contributed by atoms with E-state index in [0.717, 1.165) is 11.3 Å². The Balaban J connectivity index is 1.69. The van der Waals surface area contributed by atoms with Gasteiger partial charge in [-0.1, -0.05) is 29.8 Å². The molecule has 0 atom stereocenters. The van der Waals surface area contributed by atoms with E-state index in [-0.39, 0.29) is 10.7 Å². The molecule has 3 aromatic rings. The number of amides is 1. The highest BCUT2D eigenvalue weighted by atomic mass is 35.5. The zero-order chi connectivity index (χ0) is 18.0. The van der Waals surface area contributed by atoms with Gasteiger partial charge in [0.2, 0.25) is 0 Å². The monoisotopic (exact) mass is 377 g/mol. The molecule has 25 heavy (non-hydrogen) atoms. The van der Waals surface area contributed by atoms with Crippen molar-refractivity contribution in [1.29, 1.82) is 0 Å². The third-order valence-corrected chi connectivity index (χ3v) is 5.14. The Labute approximate surface area is 152 Å². The summed E-state index contributed by atoms with van der Waals surface area (Å²) in [6.07, 6.45) is 0. The molecule has 0 radical (unpaired) electrons. The number of carbonyl (C=O) groups is 2. The molecule has 3 rings (SSSR count). The SMILES string of the molecule is Cc1c(C(=O)OCC(=O)Nc2ccccc2Cl)sc2cccc(F)c12. The van der Waals surface area contributed by atoms with Crippen molar-refractivity contribution < 1.29 is 18.7 Å². The molecule has 0 saturated carbocycles. The summed E-state index contributed by atoms with van der Waals surface area (Å²) >= 11 is 7.09. The van der Waals surface area contributed by atoms with Crippen LogP contribution in [0.3, 0.4) is 0 Å². The highest BCUT2D eigenvalue weighted by Crippen LogP contribution is 2.33. The Hall–Kier alpha value is -2.44. The molecule has 0 bridgehead atoms. The average molecular weight is 378 g/mol. The fourth-order valence-electron chi connectivity index (χ4n) is 2.39. The molecule has 0 spiro atoms. The first-order valence-corrected chi connectivity index (χ1v) is 8.56. The summed E-state index contributed by atoms with van der Waals surface area (Å²) in [5.41, 5.74) is 0.944. The van der Waals surface area contributed by atoms with Crippen molar-refractivity contribution in [3.8, 4) is 0 Å². The zero-order valence-electron chi connectivity index (χ0n) is 13.1. The van der Waals surface area contributed by atoms with Crippen LogP contribution in [0.15, 0.2) is 42.5 Å². The molecule has 1 aromatic heterocycles. The zero-order valence-corrected chi connectivity index (χ0v) is 14.7. The molecule has 0 aliphatic rings. The van der Waals surface area contributed by atoms with Gasteiger partial charge < -0.3 is 10.1 Å². The molecule has 4 nitrogen and oxygen atoms in total. The third kappa shape index (κ3) is 3.65. The van der Waals surface area contributed by atoms with Crippen LogP contribution in [0, 0.1) is 12.7 Å². The lowest BCUT2D eigenvalue weighted by atomic mass is 10.1. The van der Waals surface area contributed by atoms with E-state index < -0.39 is 18.5 Å². The first-order valence-electron chi connectivity index (χ1n) is 7.36. The highest BCUT2D eigenvalue weighted by Gasteiger charge is 2.20. The first-order chi connectivity index (χ1) is 12.0. The van der Waals surface area contributed by atoms with Gasteiger partial charge in [-0.2, -0.15) is 0 Å². The Morgan fingerprint density at radius 3 is 2.68 bits per heavy atom. The maximum absolute atomic E-state index is 13.9. The summed E-state index contributed by atoms with van der Waals surface area (Å²) < 4.78 is 19.6. The van der Waals surface area contributed by atoms with E-state index in [1.165, 1.54) is 6.07 Å². The minimum atomic E-state index is -0.660. The van der Waals surface area contributed by atoms with Gasteiger partial charge in [0, 0.05) is 10.1 Å². The quantitative estimate of drug-likeness (QED) is 0.664. The summed E-state index contributed by atoms with van der Waals surface area (Å²) in [6, 6.07) is 11.4. The maximum atomic E-state index is 13.9. The van der Waals surface area contributed by atoms with Gasteiger partial charge in [-0.3, -0.25) is 4.79 Å². The predicted molar refractivity (Wildman–Crippen MR) is 96.9 cm³/mol. The number of para-hydroxylation sites is 1. The standard InChI is InChI=1S/C18H13ClFNO3S/c1-10-16-12(20)6-4-8-14(16)25-17(10)18(23)24-9-15(22)21-13-7-3-2-5-11(13)19/h2-8H,9H2,1H3,(H,21,22). The van der Waals surface area contributed by atoms with Crippen LogP contribution in [-0.2, 0) is 9.53 Å². The number of esters is 1. The molecular formula is C18H13ClFNO3S. The van der Waals surface area contributed by atoms with Crippen LogP contribution < -0.4 is 5.32 Å². The van der Waals surface area contributed by atoms with Crippen molar-refractivity contribution in [3.63, 3.8) is 0 Å². The molecule has 0 unspecified atom stereocenters. The molecule has 0 saturated heterocycles. The molecular weight excluding hydrogens is 365 g/mol. The number of hydrogen-bond acceptors (Lipinski definition) is 4. The van der Waals surface area contributed by atoms with Crippen LogP contribution in [0.5, 0.6) is 0 Å². The Bertz CT molecular complexity index is 970. The summed E-state index contributed by atoms with van der Waals surface area (Å²) in [6.45, 7) is 1.20. The number of aryl methyl sites for hydroxylation is 1. The summed E-state index contributed by atoms with van der Waals surface area (Å²) in [4.78, 5) is 24.4. The van der Waals surface area contributed by atoms with Crippen LogP contribution >= 0.6 is 22.9 Å². The van der Waals surface area contributed by atoms with Crippen molar-refractivity contribution in [2.45, 2.75) is 6.92 Å². The molecule has 1 N–H and O–H groups in total. The third-order valence-electron chi connectivity index (χ3n) is 3.57. The summed E-state index contributed by atoms with van der Waals surface area (Å²) in [5, 5.41) is 3.35. The van der Waals surface area contributed by atoms with Crippen LogP contribution in [0.1, 0.15) is 15.2 Å². The Morgan fingerprint density at radius 1 is 1.20 bits per heavy atom. The first kappa shape index (κ1) is 17.4. The van der Waals surface area contributed by atoms with Gasteiger partial charge in [0.1, 0.15) is 10.7 Å². The van der Waals surface area contributed by atoms with Crippen molar-refractivity contribution in [2.75, 3.05) is 11.9 Å². The second-order valence-electron chi connectivity index (χ2n) is 5.27. The van der Waals surface area contributed by atoms with Crippen LogP contribution in [0.2, 0.25) is 5.02 Å². The van der Waals surface area contributed by atoms with E-state index in [2.05, 4.69) is 5.32 Å². The van der Waals surface area contributed by atoms with Crippen LogP contribution in [0.4, 0.5) is 10.1 Å². The predicted octanol–water partition coefficient (Wildman–Crippen LogP) is 4.80. The minimum absolute atomic E-state index is 0.283. The van der Waals surface area contributed by atoms with E-state index >= 15 is 0 Å². The smallest absolute Gasteiger partial charge is 0.349 e. The lowest BCUT2D eigenvalue weighted by Gasteiger charge is -2.07. The number of thiophene rings is 1. The molecule has 128 valence electrons. The van der Waals surface area contributed by atoms with Gasteiger partial charge in [0.25, 0.3) is 5.91 Å². The van der Waals surface area contributed by atoms with Crippen molar-refractivity contribution >= 4 is 50.6 Å². The van der Waals surface area contributed by atoms with Gasteiger partial charge in [0.15, 0.2) is 6.61 Å². The lowest BCUT2D eigenvalue weighted by Crippen LogP contribution is -2.21. The van der Waals surface area contributed by atoms with E-state index in [4.69, 9.17) is 16.3 Å². The van der Waals surface area contributed by atoms with Gasteiger partial charge in [-0.25, -0.2) is 9.18 Å². The number of nitrogens with one attached hydrogen (secondary N) is 1. The number of benzene rings is 2. The Kier molecular flexibility index (Phi) is 5.01. The number of fused-ring (bicyclic) bond motifs is 1. The lowest BCUT2D eigenvalue weighted by molar-refractivity contribution is -0.119. The van der Waals surface area contributed by atoms with Gasteiger partial charge >= 0.3 is 5.97 Å². The fourth-order valence-corrected chi connectivity index (χ4v) is 3.69. The number of anilines is 1. The maximum Gasteiger partial charge on any atom is 0.349 e. The van der Waals surface area contributed by atoms with Gasteiger partial charge in [-0.05, 0) is 36.8 Å².